The second-order valence-corrected chi connectivity index (χ2v) is 5.19. The molecule has 0 saturated heterocycles. The Morgan fingerprint density at radius 2 is 1.93 bits per heavy atom. The largest absolute Gasteiger partial charge is 0.353 e. The molecule has 0 aromatic heterocycles. The van der Waals surface area contributed by atoms with Crippen LogP contribution in [-0.2, 0) is 4.79 Å². The van der Waals surface area contributed by atoms with Crippen LogP contribution in [0, 0.1) is 5.92 Å². The second kappa shape index (κ2) is 6.86. The van der Waals surface area contributed by atoms with Gasteiger partial charge in [0.25, 0.3) is 0 Å². The van der Waals surface area contributed by atoms with Crippen molar-refractivity contribution in [2.45, 2.75) is 71.3 Å². The molecule has 1 fully saturated rings. The van der Waals surface area contributed by atoms with Crippen molar-refractivity contribution in [1.82, 2.24) is 5.32 Å². The minimum absolute atomic E-state index is 0.269. The van der Waals surface area contributed by atoms with Crippen LogP contribution in [-0.4, -0.2) is 11.9 Å². The Hall–Kier alpha value is -0.530. The molecule has 0 heterocycles. The lowest BCUT2D eigenvalue weighted by Crippen LogP contribution is -2.32. The number of carbonyl (C=O) groups excluding carboxylic acids is 1. The molecule has 0 aromatic rings. The van der Waals surface area contributed by atoms with E-state index in [4.69, 9.17) is 0 Å². The van der Waals surface area contributed by atoms with E-state index in [9.17, 15) is 4.79 Å². The average molecular weight is 211 g/mol. The summed E-state index contributed by atoms with van der Waals surface area (Å²) < 4.78 is 0. The van der Waals surface area contributed by atoms with Gasteiger partial charge in [0.2, 0.25) is 5.91 Å². The molecule has 0 bridgehead atoms. The van der Waals surface area contributed by atoms with Crippen LogP contribution < -0.4 is 5.32 Å². The molecule has 1 saturated carbocycles. The van der Waals surface area contributed by atoms with E-state index < -0.39 is 0 Å². The summed E-state index contributed by atoms with van der Waals surface area (Å²) in [4.78, 5) is 11.5. The highest BCUT2D eigenvalue weighted by molar-refractivity contribution is 5.76. The van der Waals surface area contributed by atoms with E-state index in [2.05, 4.69) is 19.2 Å². The summed E-state index contributed by atoms with van der Waals surface area (Å²) in [6.07, 6.45) is 9.18. The maximum absolute atomic E-state index is 11.5. The number of amides is 1. The Kier molecular flexibility index (Phi) is 5.74. The molecule has 0 aliphatic heterocycles. The summed E-state index contributed by atoms with van der Waals surface area (Å²) in [6, 6.07) is 0.489. The van der Waals surface area contributed by atoms with Gasteiger partial charge < -0.3 is 5.32 Å². The minimum atomic E-state index is 0.269. The molecule has 1 rings (SSSR count). The quantitative estimate of drug-likeness (QED) is 0.671. The van der Waals surface area contributed by atoms with E-state index in [1.807, 2.05) is 0 Å². The predicted molar refractivity (Wildman–Crippen MR) is 63.7 cm³/mol. The summed E-state index contributed by atoms with van der Waals surface area (Å²) in [5, 5.41) is 3.13. The van der Waals surface area contributed by atoms with E-state index in [0.717, 1.165) is 18.8 Å². The topological polar surface area (TPSA) is 29.1 Å². The summed E-state index contributed by atoms with van der Waals surface area (Å²) in [6.45, 7) is 4.47. The van der Waals surface area contributed by atoms with Gasteiger partial charge in [0, 0.05) is 12.5 Å². The molecule has 0 unspecified atom stereocenters. The Labute approximate surface area is 93.8 Å². The zero-order chi connectivity index (χ0) is 11.1. The highest BCUT2D eigenvalue weighted by Crippen LogP contribution is 2.17. The van der Waals surface area contributed by atoms with Crippen molar-refractivity contribution in [2.75, 3.05) is 0 Å². The van der Waals surface area contributed by atoms with Crippen molar-refractivity contribution in [3.05, 3.63) is 0 Å². The molecule has 1 amide bonds. The molecule has 1 N–H and O–H groups in total. The molecule has 0 atom stereocenters. The number of carbonyl (C=O) groups is 1. The predicted octanol–water partition coefficient (Wildman–Crippen LogP) is 3.26. The molecule has 88 valence electrons. The van der Waals surface area contributed by atoms with Crippen molar-refractivity contribution in [1.29, 1.82) is 0 Å². The first kappa shape index (κ1) is 12.5. The normalized spacial score (nSPS) is 17.3. The summed E-state index contributed by atoms with van der Waals surface area (Å²) in [5.74, 6) is 1.04. The molecule has 0 radical (unpaired) electrons. The first-order chi connectivity index (χ1) is 7.18. The van der Waals surface area contributed by atoms with Crippen LogP contribution in [0.15, 0.2) is 0 Å². The molecular weight excluding hydrogens is 186 g/mol. The highest BCUT2D eigenvalue weighted by Gasteiger charge is 2.16. The molecule has 2 heteroatoms. The fraction of sp³-hybridized carbons (Fsp3) is 0.923. The zero-order valence-electron chi connectivity index (χ0n) is 10.2. The number of unbranched alkanes of at least 4 members (excludes halogenated alkanes) is 1. The third kappa shape index (κ3) is 5.81. The standard InChI is InChI=1S/C13H25NO/c1-11(2)7-3-6-10-13(15)14-12-8-4-5-9-12/h11-12H,3-10H2,1-2H3,(H,14,15). The Bertz CT molecular complexity index is 183. The van der Waals surface area contributed by atoms with Crippen molar-refractivity contribution in [2.24, 2.45) is 5.92 Å². The van der Waals surface area contributed by atoms with Crippen molar-refractivity contribution in [3.63, 3.8) is 0 Å². The zero-order valence-corrected chi connectivity index (χ0v) is 10.2. The summed E-state index contributed by atoms with van der Waals surface area (Å²) >= 11 is 0. The Balaban J connectivity index is 1.98. The van der Waals surface area contributed by atoms with E-state index in [1.54, 1.807) is 0 Å². The molecule has 15 heavy (non-hydrogen) atoms. The van der Waals surface area contributed by atoms with E-state index in [-0.39, 0.29) is 5.91 Å². The van der Waals surface area contributed by atoms with E-state index >= 15 is 0 Å². The van der Waals surface area contributed by atoms with Gasteiger partial charge in [0.1, 0.15) is 0 Å². The van der Waals surface area contributed by atoms with Crippen LogP contribution in [0.2, 0.25) is 0 Å². The third-order valence-corrected chi connectivity index (χ3v) is 3.16. The lowest BCUT2D eigenvalue weighted by atomic mass is 10.1. The SMILES string of the molecule is CC(C)CCCCC(=O)NC1CCCC1. The molecular formula is C13H25NO. The van der Waals surface area contributed by atoms with Crippen LogP contribution in [0.3, 0.4) is 0 Å². The minimum Gasteiger partial charge on any atom is -0.353 e. The number of hydrogen-bond acceptors (Lipinski definition) is 1. The van der Waals surface area contributed by atoms with Gasteiger partial charge >= 0.3 is 0 Å². The van der Waals surface area contributed by atoms with Gasteiger partial charge in [-0.2, -0.15) is 0 Å². The monoisotopic (exact) mass is 211 g/mol. The fourth-order valence-electron chi connectivity index (χ4n) is 2.21. The van der Waals surface area contributed by atoms with E-state index in [0.29, 0.717) is 6.04 Å². The van der Waals surface area contributed by atoms with Crippen LogP contribution in [0.4, 0.5) is 0 Å². The lowest BCUT2D eigenvalue weighted by molar-refractivity contribution is -0.121. The third-order valence-electron chi connectivity index (χ3n) is 3.16. The van der Waals surface area contributed by atoms with Crippen molar-refractivity contribution in [3.8, 4) is 0 Å². The molecule has 0 spiro atoms. The van der Waals surface area contributed by atoms with Gasteiger partial charge in [0.15, 0.2) is 0 Å². The molecule has 0 aromatic carbocycles. The van der Waals surface area contributed by atoms with Crippen molar-refractivity contribution < 1.29 is 4.79 Å². The Morgan fingerprint density at radius 3 is 2.53 bits per heavy atom. The molecule has 1 aliphatic carbocycles. The van der Waals surface area contributed by atoms with Gasteiger partial charge in [-0.05, 0) is 25.2 Å². The molecule has 1 aliphatic rings. The lowest BCUT2D eigenvalue weighted by Gasteiger charge is -2.11. The van der Waals surface area contributed by atoms with E-state index in [1.165, 1.54) is 38.5 Å². The maximum Gasteiger partial charge on any atom is 0.220 e. The Morgan fingerprint density at radius 1 is 1.27 bits per heavy atom. The van der Waals surface area contributed by atoms with Crippen molar-refractivity contribution >= 4 is 5.91 Å². The van der Waals surface area contributed by atoms with Crippen LogP contribution in [0.25, 0.3) is 0 Å². The highest BCUT2D eigenvalue weighted by atomic mass is 16.1. The number of nitrogens with one attached hydrogen (secondary N) is 1. The number of hydrogen-bond donors (Lipinski definition) is 1. The average Bonchev–Trinajstić information content (AvgIpc) is 2.64. The fourth-order valence-corrected chi connectivity index (χ4v) is 2.21. The van der Waals surface area contributed by atoms with Gasteiger partial charge in [-0.1, -0.05) is 39.5 Å². The van der Waals surface area contributed by atoms with Gasteiger partial charge in [-0.3, -0.25) is 4.79 Å². The van der Waals surface area contributed by atoms with Gasteiger partial charge in [0.05, 0.1) is 0 Å². The first-order valence-electron chi connectivity index (χ1n) is 6.48. The smallest absolute Gasteiger partial charge is 0.220 e. The van der Waals surface area contributed by atoms with Gasteiger partial charge in [-0.15, -0.1) is 0 Å². The van der Waals surface area contributed by atoms with Crippen LogP contribution in [0.1, 0.15) is 65.2 Å². The summed E-state index contributed by atoms with van der Waals surface area (Å²) in [5.41, 5.74) is 0. The molecule has 2 nitrogen and oxygen atoms in total. The summed E-state index contributed by atoms with van der Waals surface area (Å²) in [7, 11) is 0. The second-order valence-electron chi connectivity index (χ2n) is 5.19. The van der Waals surface area contributed by atoms with Crippen LogP contribution in [0.5, 0.6) is 0 Å². The first-order valence-corrected chi connectivity index (χ1v) is 6.48. The number of rotatable bonds is 6. The van der Waals surface area contributed by atoms with Gasteiger partial charge in [-0.25, -0.2) is 0 Å². The maximum atomic E-state index is 11.5. The van der Waals surface area contributed by atoms with Crippen LogP contribution >= 0.6 is 0 Å².